The van der Waals surface area contributed by atoms with Gasteiger partial charge in [-0.3, -0.25) is 9.59 Å². The first-order valence-corrected chi connectivity index (χ1v) is 13.5. The summed E-state index contributed by atoms with van der Waals surface area (Å²) in [5.74, 6) is -0.0669. The first-order chi connectivity index (χ1) is 16.3. The lowest BCUT2D eigenvalue weighted by Gasteiger charge is -2.32. The number of hydrogen-bond acceptors (Lipinski definition) is 4. The van der Waals surface area contributed by atoms with Crippen LogP contribution < -0.4 is 10.0 Å². The zero-order valence-electron chi connectivity index (χ0n) is 19.6. The van der Waals surface area contributed by atoms with Crippen molar-refractivity contribution in [1.29, 1.82) is 0 Å². The highest BCUT2D eigenvalue weighted by Gasteiger charge is 2.30. The van der Waals surface area contributed by atoms with Gasteiger partial charge in [0, 0.05) is 25.6 Å². The maximum atomic E-state index is 12.9. The monoisotopic (exact) mass is 483 g/mol. The lowest BCUT2D eigenvalue weighted by atomic mass is 9.81. The van der Waals surface area contributed by atoms with Gasteiger partial charge in [0.1, 0.15) is 6.04 Å². The van der Waals surface area contributed by atoms with Crippen LogP contribution in [-0.4, -0.2) is 44.3 Å². The number of amides is 2. The fraction of sp³-hybridized carbons (Fsp3) is 0.462. The van der Waals surface area contributed by atoms with Crippen LogP contribution in [0.15, 0.2) is 59.5 Å². The van der Waals surface area contributed by atoms with Crippen LogP contribution in [0, 0.1) is 11.8 Å². The molecule has 182 valence electrons. The molecular weight excluding hydrogens is 450 g/mol. The number of carbonyl (C=O) groups excluding carboxylic acids is 2. The second-order valence-electron chi connectivity index (χ2n) is 9.39. The second kappa shape index (κ2) is 10.7. The molecule has 0 aromatic heterocycles. The maximum absolute atomic E-state index is 12.9. The molecule has 0 saturated heterocycles. The van der Waals surface area contributed by atoms with E-state index in [-0.39, 0.29) is 28.5 Å². The number of carbonyl (C=O) groups is 2. The van der Waals surface area contributed by atoms with Crippen molar-refractivity contribution in [3.05, 3.63) is 65.7 Å². The van der Waals surface area contributed by atoms with E-state index >= 15 is 0 Å². The van der Waals surface area contributed by atoms with E-state index in [0.717, 1.165) is 19.3 Å². The number of benzene rings is 2. The van der Waals surface area contributed by atoms with Crippen LogP contribution >= 0.6 is 0 Å². The molecule has 0 bridgehead atoms. The van der Waals surface area contributed by atoms with Crippen molar-refractivity contribution in [2.24, 2.45) is 11.8 Å². The molecule has 8 heteroatoms. The molecule has 2 aromatic rings. The van der Waals surface area contributed by atoms with E-state index in [0.29, 0.717) is 32.5 Å². The predicted molar refractivity (Wildman–Crippen MR) is 130 cm³/mol. The number of sulfonamides is 1. The summed E-state index contributed by atoms with van der Waals surface area (Å²) in [7, 11) is -3.52. The van der Waals surface area contributed by atoms with Gasteiger partial charge in [-0.15, -0.1) is 0 Å². The topological polar surface area (TPSA) is 95.6 Å². The molecule has 1 atom stereocenters. The number of nitrogens with zero attached hydrogens (tertiary/aromatic N) is 1. The molecule has 1 unspecified atom stereocenters. The first-order valence-electron chi connectivity index (χ1n) is 12.0. The molecule has 2 aromatic carbocycles. The standard InChI is InChI=1S/C26H33N3O4S/c1-19(26(31)29-16-15-21-7-5-6-8-23(21)18-29)28-25(30)22-13-11-20(12-14-22)17-27-34(32,33)24-9-3-2-4-10-24/h2-10,19-20,22,27H,11-18H2,1H3,(H,28,30). The molecular formula is C26H33N3O4S. The summed E-state index contributed by atoms with van der Waals surface area (Å²) >= 11 is 0. The third kappa shape index (κ3) is 5.85. The molecule has 0 radical (unpaired) electrons. The molecule has 1 aliphatic carbocycles. The molecule has 4 rings (SSSR count). The van der Waals surface area contributed by atoms with Crippen LogP contribution in [0.2, 0.25) is 0 Å². The van der Waals surface area contributed by atoms with E-state index in [1.807, 2.05) is 17.0 Å². The summed E-state index contributed by atoms with van der Waals surface area (Å²) in [6.45, 7) is 3.38. The van der Waals surface area contributed by atoms with Crippen molar-refractivity contribution < 1.29 is 18.0 Å². The minimum absolute atomic E-state index is 0.0492. The smallest absolute Gasteiger partial charge is 0.245 e. The zero-order chi connectivity index (χ0) is 24.1. The number of rotatable bonds is 7. The third-order valence-electron chi connectivity index (χ3n) is 7.00. The van der Waals surface area contributed by atoms with E-state index in [2.05, 4.69) is 22.2 Å². The van der Waals surface area contributed by atoms with E-state index in [4.69, 9.17) is 0 Å². The lowest BCUT2D eigenvalue weighted by Crippen LogP contribution is -2.50. The predicted octanol–water partition coefficient (Wildman–Crippen LogP) is 2.86. The van der Waals surface area contributed by atoms with Crippen LogP contribution in [0.3, 0.4) is 0 Å². The Balaban J connectivity index is 1.22. The fourth-order valence-corrected chi connectivity index (χ4v) is 6.03. The molecule has 34 heavy (non-hydrogen) atoms. The van der Waals surface area contributed by atoms with Gasteiger partial charge in [0.2, 0.25) is 21.8 Å². The van der Waals surface area contributed by atoms with Crippen LogP contribution in [0.4, 0.5) is 0 Å². The Morgan fingerprint density at radius 2 is 1.62 bits per heavy atom. The number of fused-ring (bicyclic) bond motifs is 1. The average Bonchev–Trinajstić information content (AvgIpc) is 2.87. The Kier molecular flexibility index (Phi) is 7.68. The molecule has 1 heterocycles. The molecule has 2 aliphatic rings. The van der Waals surface area contributed by atoms with Crippen molar-refractivity contribution in [1.82, 2.24) is 14.9 Å². The third-order valence-corrected chi connectivity index (χ3v) is 8.44. The van der Waals surface area contributed by atoms with E-state index in [1.165, 1.54) is 11.1 Å². The minimum atomic E-state index is -3.52. The molecule has 7 nitrogen and oxygen atoms in total. The van der Waals surface area contributed by atoms with Gasteiger partial charge in [-0.2, -0.15) is 0 Å². The summed E-state index contributed by atoms with van der Waals surface area (Å²) in [5, 5.41) is 2.92. The Morgan fingerprint density at radius 1 is 0.971 bits per heavy atom. The van der Waals surface area contributed by atoms with Gasteiger partial charge < -0.3 is 10.2 Å². The Morgan fingerprint density at radius 3 is 2.32 bits per heavy atom. The molecule has 1 saturated carbocycles. The Bertz CT molecular complexity index is 1110. The number of nitrogens with one attached hydrogen (secondary N) is 2. The van der Waals surface area contributed by atoms with Crippen LogP contribution in [0.5, 0.6) is 0 Å². The second-order valence-corrected chi connectivity index (χ2v) is 11.2. The van der Waals surface area contributed by atoms with Crippen molar-refractivity contribution in [2.75, 3.05) is 13.1 Å². The van der Waals surface area contributed by atoms with Crippen molar-refractivity contribution in [3.8, 4) is 0 Å². The molecule has 2 N–H and O–H groups in total. The summed E-state index contributed by atoms with van der Waals surface area (Å²) < 4.78 is 27.5. The highest BCUT2D eigenvalue weighted by atomic mass is 32.2. The highest BCUT2D eigenvalue weighted by Crippen LogP contribution is 2.29. The summed E-state index contributed by atoms with van der Waals surface area (Å²) in [6.07, 6.45) is 3.78. The molecule has 0 spiro atoms. The van der Waals surface area contributed by atoms with E-state index in [1.54, 1.807) is 37.3 Å². The van der Waals surface area contributed by atoms with Crippen LogP contribution in [0.25, 0.3) is 0 Å². The Labute approximate surface area is 202 Å². The van der Waals surface area contributed by atoms with Crippen molar-refractivity contribution in [2.45, 2.75) is 56.5 Å². The fourth-order valence-electron chi connectivity index (χ4n) is 4.89. The highest BCUT2D eigenvalue weighted by molar-refractivity contribution is 7.89. The zero-order valence-corrected chi connectivity index (χ0v) is 20.4. The molecule has 1 aliphatic heterocycles. The Hall–Kier alpha value is -2.71. The van der Waals surface area contributed by atoms with Gasteiger partial charge in [0.15, 0.2) is 0 Å². The van der Waals surface area contributed by atoms with Gasteiger partial charge in [-0.05, 0) is 68.2 Å². The van der Waals surface area contributed by atoms with Crippen LogP contribution in [0.1, 0.15) is 43.7 Å². The SMILES string of the molecule is CC(NC(=O)C1CCC(CNS(=O)(=O)c2ccccc2)CC1)C(=O)N1CCc2ccccc2C1. The van der Waals surface area contributed by atoms with Gasteiger partial charge in [-0.25, -0.2) is 13.1 Å². The number of hydrogen-bond donors (Lipinski definition) is 2. The van der Waals surface area contributed by atoms with Gasteiger partial charge in [-0.1, -0.05) is 42.5 Å². The quantitative estimate of drug-likeness (QED) is 0.633. The van der Waals surface area contributed by atoms with E-state index < -0.39 is 16.1 Å². The van der Waals surface area contributed by atoms with Gasteiger partial charge >= 0.3 is 0 Å². The average molecular weight is 484 g/mol. The van der Waals surface area contributed by atoms with Crippen molar-refractivity contribution >= 4 is 21.8 Å². The molecule has 1 fully saturated rings. The van der Waals surface area contributed by atoms with Crippen molar-refractivity contribution in [3.63, 3.8) is 0 Å². The largest absolute Gasteiger partial charge is 0.344 e. The first kappa shape index (κ1) is 24.4. The van der Waals surface area contributed by atoms with E-state index in [9.17, 15) is 18.0 Å². The summed E-state index contributed by atoms with van der Waals surface area (Å²) in [5.41, 5.74) is 2.45. The van der Waals surface area contributed by atoms with Crippen LogP contribution in [-0.2, 0) is 32.6 Å². The summed E-state index contributed by atoms with van der Waals surface area (Å²) in [6, 6.07) is 15.9. The lowest BCUT2D eigenvalue weighted by molar-refractivity contribution is -0.138. The van der Waals surface area contributed by atoms with Gasteiger partial charge in [0.05, 0.1) is 4.90 Å². The minimum Gasteiger partial charge on any atom is -0.344 e. The molecule has 2 amide bonds. The summed E-state index contributed by atoms with van der Waals surface area (Å²) in [4.78, 5) is 27.8. The van der Waals surface area contributed by atoms with Gasteiger partial charge in [0.25, 0.3) is 0 Å². The normalized spacial score (nSPS) is 21.4. The maximum Gasteiger partial charge on any atom is 0.245 e.